The van der Waals surface area contributed by atoms with Gasteiger partial charge in [0.1, 0.15) is 17.4 Å². The Kier molecular flexibility index (Phi) is 2.74. The van der Waals surface area contributed by atoms with Gasteiger partial charge in [-0.15, -0.1) is 0 Å². The SMILES string of the molecule is N#Cc1c(Br)cccc1OCC1CC1. The molecule has 2 nitrogen and oxygen atoms in total. The molecule has 0 radical (unpaired) electrons. The minimum absolute atomic E-state index is 0.591. The standard InChI is InChI=1S/C11H10BrNO/c12-10-2-1-3-11(9(10)6-13)14-7-8-4-5-8/h1-3,8H,4-5,7H2. The third kappa shape index (κ3) is 2.08. The molecule has 1 aromatic carbocycles. The molecule has 1 aliphatic carbocycles. The van der Waals surface area contributed by atoms with Crippen LogP contribution in [0.5, 0.6) is 5.75 Å². The summed E-state index contributed by atoms with van der Waals surface area (Å²) in [5, 5.41) is 8.92. The lowest BCUT2D eigenvalue weighted by atomic mass is 10.2. The van der Waals surface area contributed by atoms with E-state index >= 15 is 0 Å². The molecule has 0 bridgehead atoms. The maximum atomic E-state index is 8.92. The maximum Gasteiger partial charge on any atom is 0.138 e. The van der Waals surface area contributed by atoms with Crippen molar-refractivity contribution >= 4 is 15.9 Å². The van der Waals surface area contributed by atoms with E-state index < -0.39 is 0 Å². The van der Waals surface area contributed by atoms with E-state index in [1.807, 2.05) is 18.2 Å². The molecule has 0 aliphatic heterocycles. The van der Waals surface area contributed by atoms with Crippen LogP contribution in [0.4, 0.5) is 0 Å². The fourth-order valence-corrected chi connectivity index (χ4v) is 1.66. The zero-order valence-electron chi connectivity index (χ0n) is 7.66. The van der Waals surface area contributed by atoms with Crippen molar-refractivity contribution in [2.45, 2.75) is 12.8 Å². The Bertz CT molecular complexity index is 379. The molecule has 3 heteroatoms. The average molecular weight is 252 g/mol. The largest absolute Gasteiger partial charge is 0.492 e. The molecule has 72 valence electrons. The van der Waals surface area contributed by atoms with E-state index in [0.717, 1.165) is 11.1 Å². The number of benzene rings is 1. The molecule has 1 saturated carbocycles. The predicted molar refractivity (Wildman–Crippen MR) is 57.1 cm³/mol. The van der Waals surface area contributed by atoms with Crippen molar-refractivity contribution in [2.24, 2.45) is 5.92 Å². The molecule has 0 N–H and O–H groups in total. The molecular formula is C11H10BrNO. The topological polar surface area (TPSA) is 33.0 Å². The quantitative estimate of drug-likeness (QED) is 0.827. The molecule has 1 aliphatic rings. The summed E-state index contributed by atoms with van der Waals surface area (Å²) in [6.07, 6.45) is 2.52. The van der Waals surface area contributed by atoms with Crippen molar-refractivity contribution in [3.63, 3.8) is 0 Å². The summed E-state index contributed by atoms with van der Waals surface area (Å²) in [6.45, 7) is 0.741. The molecule has 1 aromatic rings. The first-order valence-corrected chi connectivity index (χ1v) is 5.42. The van der Waals surface area contributed by atoms with Gasteiger partial charge in [0.25, 0.3) is 0 Å². The van der Waals surface area contributed by atoms with E-state index in [1.165, 1.54) is 12.8 Å². The van der Waals surface area contributed by atoms with Gasteiger partial charge in [0.2, 0.25) is 0 Å². The Morgan fingerprint density at radius 1 is 1.50 bits per heavy atom. The molecule has 1 fully saturated rings. The van der Waals surface area contributed by atoms with Crippen LogP contribution in [0.25, 0.3) is 0 Å². The fraction of sp³-hybridized carbons (Fsp3) is 0.364. The minimum Gasteiger partial charge on any atom is -0.492 e. The van der Waals surface area contributed by atoms with Gasteiger partial charge < -0.3 is 4.74 Å². The number of ether oxygens (including phenoxy) is 1. The maximum absolute atomic E-state index is 8.92. The second-order valence-corrected chi connectivity index (χ2v) is 4.33. The Hall–Kier alpha value is -1.01. The Morgan fingerprint density at radius 3 is 2.93 bits per heavy atom. The molecule has 0 atom stereocenters. The molecule has 14 heavy (non-hydrogen) atoms. The molecule has 0 unspecified atom stereocenters. The summed E-state index contributed by atoms with van der Waals surface area (Å²) < 4.78 is 6.38. The van der Waals surface area contributed by atoms with Crippen molar-refractivity contribution in [3.8, 4) is 11.8 Å². The number of hydrogen-bond acceptors (Lipinski definition) is 2. The first kappa shape index (κ1) is 9.54. The molecule has 0 saturated heterocycles. The average Bonchev–Trinajstić information content (AvgIpc) is 2.98. The number of halogens is 1. The normalized spacial score (nSPS) is 14.9. The van der Waals surface area contributed by atoms with E-state index in [2.05, 4.69) is 22.0 Å². The predicted octanol–water partition coefficient (Wildman–Crippen LogP) is 3.11. The highest BCUT2D eigenvalue weighted by Gasteiger charge is 2.22. The van der Waals surface area contributed by atoms with Gasteiger partial charge in [0.05, 0.1) is 6.61 Å². The zero-order chi connectivity index (χ0) is 9.97. The number of rotatable bonds is 3. The Labute approximate surface area is 91.6 Å². The number of nitriles is 1. The van der Waals surface area contributed by atoms with Gasteiger partial charge in [0.15, 0.2) is 0 Å². The van der Waals surface area contributed by atoms with Gasteiger partial charge in [-0.2, -0.15) is 5.26 Å². The fourth-order valence-electron chi connectivity index (χ4n) is 1.23. The van der Waals surface area contributed by atoms with E-state index in [9.17, 15) is 0 Å². The smallest absolute Gasteiger partial charge is 0.138 e. The Morgan fingerprint density at radius 2 is 2.29 bits per heavy atom. The van der Waals surface area contributed by atoms with Gasteiger partial charge in [-0.3, -0.25) is 0 Å². The van der Waals surface area contributed by atoms with Crippen molar-refractivity contribution in [1.29, 1.82) is 5.26 Å². The lowest BCUT2D eigenvalue weighted by Gasteiger charge is -2.07. The first-order chi connectivity index (χ1) is 6.81. The third-order valence-electron chi connectivity index (χ3n) is 2.26. The summed E-state index contributed by atoms with van der Waals surface area (Å²) in [7, 11) is 0. The molecular weight excluding hydrogens is 242 g/mol. The van der Waals surface area contributed by atoms with Crippen molar-refractivity contribution in [1.82, 2.24) is 0 Å². The molecule has 0 spiro atoms. The van der Waals surface area contributed by atoms with Crippen LogP contribution < -0.4 is 4.74 Å². The summed E-state index contributed by atoms with van der Waals surface area (Å²) in [5.74, 6) is 1.40. The van der Waals surface area contributed by atoms with Gasteiger partial charge in [-0.25, -0.2) is 0 Å². The van der Waals surface area contributed by atoms with Gasteiger partial charge in [-0.05, 0) is 46.8 Å². The monoisotopic (exact) mass is 251 g/mol. The van der Waals surface area contributed by atoms with Crippen LogP contribution in [-0.4, -0.2) is 6.61 Å². The third-order valence-corrected chi connectivity index (χ3v) is 2.92. The van der Waals surface area contributed by atoms with Gasteiger partial charge in [0, 0.05) is 4.47 Å². The zero-order valence-corrected chi connectivity index (χ0v) is 9.25. The van der Waals surface area contributed by atoms with Crippen molar-refractivity contribution in [3.05, 3.63) is 28.2 Å². The van der Waals surface area contributed by atoms with Crippen molar-refractivity contribution in [2.75, 3.05) is 6.61 Å². The van der Waals surface area contributed by atoms with Gasteiger partial charge in [-0.1, -0.05) is 6.07 Å². The molecule has 2 rings (SSSR count). The minimum atomic E-state index is 0.591. The van der Waals surface area contributed by atoms with Crippen LogP contribution in [0.15, 0.2) is 22.7 Å². The summed E-state index contributed by atoms with van der Waals surface area (Å²) >= 11 is 3.33. The summed E-state index contributed by atoms with van der Waals surface area (Å²) in [6, 6.07) is 7.71. The first-order valence-electron chi connectivity index (χ1n) is 4.62. The van der Waals surface area contributed by atoms with Crippen LogP contribution in [0.1, 0.15) is 18.4 Å². The summed E-state index contributed by atoms with van der Waals surface area (Å²) in [5.41, 5.74) is 0.591. The van der Waals surface area contributed by atoms with Crippen molar-refractivity contribution < 1.29 is 4.74 Å². The number of nitrogens with zero attached hydrogens (tertiary/aromatic N) is 1. The molecule has 0 heterocycles. The molecule has 0 amide bonds. The van der Waals surface area contributed by atoms with E-state index in [-0.39, 0.29) is 0 Å². The lowest BCUT2D eigenvalue weighted by molar-refractivity contribution is 0.299. The van der Waals surface area contributed by atoms with Crippen LogP contribution in [0.2, 0.25) is 0 Å². The lowest BCUT2D eigenvalue weighted by Crippen LogP contribution is -2.00. The van der Waals surface area contributed by atoms with Crippen LogP contribution in [-0.2, 0) is 0 Å². The summed E-state index contributed by atoms with van der Waals surface area (Å²) in [4.78, 5) is 0. The number of hydrogen-bond donors (Lipinski definition) is 0. The van der Waals surface area contributed by atoms with Gasteiger partial charge >= 0.3 is 0 Å². The highest BCUT2D eigenvalue weighted by atomic mass is 79.9. The van der Waals surface area contributed by atoms with E-state index in [4.69, 9.17) is 10.00 Å². The van der Waals surface area contributed by atoms with E-state index in [1.54, 1.807) is 0 Å². The van der Waals surface area contributed by atoms with Crippen LogP contribution in [0.3, 0.4) is 0 Å². The molecule has 0 aromatic heterocycles. The highest BCUT2D eigenvalue weighted by molar-refractivity contribution is 9.10. The van der Waals surface area contributed by atoms with Crippen LogP contribution in [0, 0.1) is 17.2 Å². The second kappa shape index (κ2) is 4.02. The Balaban J connectivity index is 2.14. The highest BCUT2D eigenvalue weighted by Crippen LogP contribution is 2.31. The van der Waals surface area contributed by atoms with Crippen LogP contribution >= 0.6 is 15.9 Å². The van der Waals surface area contributed by atoms with E-state index in [0.29, 0.717) is 17.2 Å². The second-order valence-electron chi connectivity index (χ2n) is 3.48.